The number of halogens is 1. The van der Waals surface area contributed by atoms with Crippen molar-refractivity contribution in [1.29, 1.82) is 0 Å². The second-order valence-corrected chi connectivity index (χ2v) is 4.17. The minimum atomic E-state index is 0.559. The van der Waals surface area contributed by atoms with Crippen LogP contribution in [0.4, 0.5) is 0 Å². The van der Waals surface area contributed by atoms with Gasteiger partial charge in [0.05, 0.1) is 10.2 Å². The van der Waals surface area contributed by atoms with Gasteiger partial charge >= 0.3 is 0 Å². The fourth-order valence-electron chi connectivity index (χ4n) is 1.08. The molecule has 0 aliphatic carbocycles. The van der Waals surface area contributed by atoms with Gasteiger partial charge in [0, 0.05) is 12.1 Å². The molecule has 0 saturated heterocycles. The Balaban J connectivity index is 2.75. The number of hydrogen-bond acceptors (Lipinski definition) is 3. The standard InChI is InChI=1S/C8H7BrN2S/c9-7-2-1-6-8(11-7)5(3-10)4-12-6/h1-2,4H,3,10H2. The maximum atomic E-state index is 5.56. The van der Waals surface area contributed by atoms with Crippen LogP contribution in [0.2, 0.25) is 0 Å². The van der Waals surface area contributed by atoms with E-state index in [2.05, 4.69) is 32.4 Å². The number of pyridine rings is 1. The lowest BCUT2D eigenvalue weighted by Gasteiger charge is -1.93. The Morgan fingerprint density at radius 1 is 1.50 bits per heavy atom. The first kappa shape index (κ1) is 8.16. The van der Waals surface area contributed by atoms with Gasteiger partial charge in [0.15, 0.2) is 0 Å². The quantitative estimate of drug-likeness (QED) is 0.781. The summed E-state index contributed by atoms with van der Waals surface area (Å²) in [5.74, 6) is 0. The van der Waals surface area contributed by atoms with Crippen LogP contribution in [0.1, 0.15) is 5.56 Å². The van der Waals surface area contributed by atoms with Crippen molar-refractivity contribution in [2.24, 2.45) is 5.73 Å². The van der Waals surface area contributed by atoms with E-state index >= 15 is 0 Å². The highest BCUT2D eigenvalue weighted by molar-refractivity contribution is 9.10. The smallest absolute Gasteiger partial charge is 0.106 e. The summed E-state index contributed by atoms with van der Waals surface area (Å²) in [5.41, 5.74) is 7.71. The molecular weight excluding hydrogens is 236 g/mol. The highest BCUT2D eigenvalue weighted by Gasteiger charge is 2.03. The summed E-state index contributed by atoms with van der Waals surface area (Å²) in [6.07, 6.45) is 0. The molecule has 0 radical (unpaired) electrons. The van der Waals surface area contributed by atoms with E-state index in [0.29, 0.717) is 6.54 Å². The summed E-state index contributed by atoms with van der Waals surface area (Å²) >= 11 is 5.02. The molecule has 2 aromatic heterocycles. The van der Waals surface area contributed by atoms with Gasteiger partial charge in [-0.15, -0.1) is 11.3 Å². The molecule has 0 aliphatic heterocycles. The van der Waals surface area contributed by atoms with Gasteiger partial charge in [-0.05, 0) is 33.4 Å². The Labute approximate surface area is 82.5 Å². The topological polar surface area (TPSA) is 38.9 Å². The molecule has 0 unspecified atom stereocenters. The van der Waals surface area contributed by atoms with Gasteiger partial charge in [0.1, 0.15) is 4.60 Å². The lowest BCUT2D eigenvalue weighted by molar-refractivity contribution is 1.08. The number of fused-ring (bicyclic) bond motifs is 1. The number of hydrogen-bond donors (Lipinski definition) is 1. The molecule has 2 rings (SSSR count). The zero-order chi connectivity index (χ0) is 8.55. The number of nitrogens with two attached hydrogens (primary N) is 1. The Hall–Kier alpha value is -0.450. The molecule has 0 aliphatic rings. The molecule has 4 heteroatoms. The predicted octanol–water partition coefficient (Wildman–Crippen LogP) is 2.52. The van der Waals surface area contributed by atoms with E-state index in [1.807, 2.05) is 6.07 Å². The van der Waals surface area contributed by atoms with Gasteiger partial charge < -0.3 is 5.73 Å². The largest absolute Gasteiger partial charge is 0.326 e. The van der Waals surface area contributed by atoms with Gasteiger partial charge in [-0.2, -0.15) is 0 Å². The molecule has 0 saturated carbocycles. The highest BCUT2D eigenvalue weighted by atomic mass is 79.9. The maximum absolute atomic E-state index is 5.56. The van der Waals surface area contributed by atoms with E-state index in [1.165, 1.54) is 4.70 Å². The molecule has 0 bridgehead atoms. The van der Waals surface area contributed by atoms with Crippen LogP contribution < -0.4 is 5.73 Å². The second-order valence-electron chi connectivity index (χ2n) is 2.45. The molecule has 0 spiro atoms. The first-order chi connectivity index (χ1) is 5.81. The lowest BCUT2D eigenvalue weighted by atomic mass is 10.3. The van der Waals surface area contributed by atoms with Gasteiger partial charge in [0.2, 0.25) is 0 Å². The first-order valence-electron chi connectivity index (χ1n) is 3.54. The van der Waals surface area contributed by atoms with E-state index in [4.69, 9.17) is 5.73 Å². The SMILES string of the molecule is NCc1csc2ccc(Br)nc12. The molecule has 0 atom stereocenters. The van der Waals surface area contributed by atoms with E-state index in [1.54, 1.807) is 11.3 Å². The summed E-state index contributed by atoms with van der Waals surface area (Å²) in [7, 11) is 0. The van der Waals surface area contributed by atoms with Crippen LogP contribution >= 0.6 is 27.3 Å². The average Bonchev–Trinajstić information content (AvgIpc) is 2.46. The number of nitrogens with zero attached hydrogens (tertiary/aromatic N) is 1. The summed E-state index contributed by atoms with van der Waals surface area (Å²) in [6.45, 7) is 0.559. The average molecular weight is 243 g/mol. The minimum absolute atomic E-state index is 0.559. The van der Waals surface area contributed by atoms with Crippen molar-refractivity contribution in [3.05, 3.63) is 27.7 Å². The molecule has 2 aromatic rings. The Morgan fingerprint density at radius 2 is 2.33 bits per heavy atom. The van der Waals surface area contributed by atoms with Crippen molar-refractivity contribution in [1.82, 2.24) is 4.98 Å². The summed E-state index contributed by atoms with van der Waals surface area (Å²) in [4.78, 5) is 4.35. The Bertz CT molecular complexity index is 410. The second kappa shape index (κ2) is 3.12. The van der Waals surface area contributed by atoms with Crippen molar-refractivity contribution in [2.45, 2.75) is 6.54 Å². The third kappa shape index (κ3) is 1.26. The maximum Gasteiger partial charge on any atom is 0.106 e. The van der Waals surface area contributed by atoms with Gasteiger partial charge in [-0.25, -0.2) is 4.98 Å². The molecule has 2 heterocycles. The minimum Gasteiger partial charge on any atom is -0.326 e. The van der Waals surface area contributed by atoms with Crippen LogP contribution in [-0.2, 0) is 6.54 Å². The number of thiophene rings is 1. The van der Waals surface area contributed by atoms with Gasteiger partial charge in [-0.1, -0.05) is 0 Å². The van der Waals surface area contributed by atoms with Crippen LogP contribution in [0.15, 0.2) is 22.1 Å². The van der Waals surface area contributed by atoms with Crippen LogP contribution in [0.25, 0.3) is 10.2 Å². The van der Waals surface area contributed by atoms with Crippen molar-refractivity contribution >= 4 is 37.5 Å². The summed E-state index contributed by atoms with van der Waals surface area (Å²) in [5, 5.41) is 2.06. The lowest BCUT2D eigenvalue weighted by Crippen LogP contribution is -1.94. The predicted molar refractivity (Wildman–Crippen MR) is 55.2 cm³/mol. The van der Waals surface area contributed by atoms with Crippen LogP contribution in [0.3, 0.4) is 0 Å². The summed E-state index contributed by atoms with van der Waals surface area (Å²) < 4.78 is 2.06. The van der Waals surface area contributed by atoms with Crippen LogP contribution in [0.5, 0.6) is 0 Å². The third-order valence-electron chi connectivity index (χ3n) is 1.68. The van der Waals surface area contributed by atoms with E-state index < -0.39 is 0 Å². The molecule has 0 amide bonds. The Morgan fingerprint density at radius 3 is 3.08 bits per heavy atom. The number of aromatic nitrogens is 1. The molecule has 0 fully saturated rings. The van der Waals surface area contributed by atoms with Crippen LogP contribution in [-0.4, -0.2) is 4.98 Å². The van der Waals surface area contributed by atoms with Crippen molar-refractivity contribution in [3.63, 3.8) is 0 Å². The molecule has 0 aromatic carbocycles. The van der Waals surface area contributed by atoms with Gasteiger partial charge in [0.25, 0.3) is 0 Å². The van der Waals surface area contributed by atoms with E-state index in [-0.39, 0.29) is 0 Å². The molecule has 12 heavy (non-hydrogen) atoms. The fraction of sp³-hybridized carbons (Fsp3) is 0.125. The fourth-order valence-corrected chi connectivity index (χ4v) is 2.30. The van der Waals surface area contributed by atoms with Crippen LogP contribution in [0, 0.1) is 0 Å². The van der Waals surface area contributed by atoms with Crippen molar-refractivity contribution < 1.29 is 0 Å². The Kier molecular flexibility index (Phi) is 2.12. The molecular formula is C8H7BrN2S. The first-order valence-corrected chi connectivity index (χ1v) is 5.21. The van der Waals surface area contributed by atoms with Gasteiger partial charge in [-0.3, -0.25) is 0 Å². The summed E-state index contributed by atoms with van der Waals surface area (Å²) in [6, 6.07) is 4.00. The van der Waals surface area contributed by atoms with Crippen molar-refractivity contribution in [3.8, 4) is 0 Å². The zero-order valence-electron chi connectivity index (χ0n) is 6.25. The molecule has 62 valence electrons. The molecule has 2 nitrogen and oxygen atoms in total. The highest BCUT2D eigenvalue weighted by Crippen LogP contribution is 2.25. The third-order valence-corrected chi connectivity index (χ3v) is 3.10. The van der Waals surface area contributed by atoms with Crippen molar-refractivity contribution in [2.75, 3.05) is 0 Å². The monoisotopic (exact) mass is 242 g/mol. The number of rotatable bonds is 1. The van der Waals surface area contributed by atoms with E-state index in [9.17, 15) is 0 Å². The zero-order valence-corrected chi connectivity index (χ0v) is 8.65. The van der Waals surface area contributed by atoms with E-state index in [0.717, 1.165) is 15.7 Å². The normalized spacial score (nSPS) is 10.8. The molecule has 2 N–H and O–H groups in total.